The van der Waals surface area contributed by atoms with E-state index in [1.165, 1.54) is 6.07 Å². The molecule has 0 saturated heterocycles. The lowest BCUT2D eigenvalue weighted by atomic mass is 10.2. The van der Waals surface area contributed by atoms with Gasteiger partial charge in [0.1, 0.15) is 5.82 Å². The predicted molar refractivity (Wildman–Crippen MR) is 64.4 cm³/mol. The topological polar surface area (TPSA) is 15.3 Å². The highest BCUT2D eigenvalue weighted by Gasteiger charge is 2.01. The van der Waals surface area contributed by atoms with Gasteiger partial charge < -0.3 is 10.2 Å². The Morgan fingerprint density at radius 2 is 2.13 bits per heavy atom. The summed E-state index contributed by atoms with van der Waals surface area (Å²) in [4.78, 5) is 2.10. The first-order valence-corrected chi connectivity index (χ1v) is 5.68. The Balaban J connectivity index is 2.40. The van der Waals surface area contributed by atoms with Gasteiger partial charge >= 0.3 is 0 Å². The number of halogens is 2. The standard InChI is InChI=1S/C11H16BrFN2/c1-15(2)6-5-14-8-9-7-10(13)3-4-11(9)12/h3-4,7,14H,5-6,8H2,1-2H3. The van der Waals surface area contributed by atoms with Gasteiger partial charge in [-0.15, -0.1) is 0 Å². The Morgan fingerprint density at radius 1 is 1.40 bits per heavy atom. The molecular formula is C11H16BrFN2. The summed E-state index contributed by atoms with van der Waals surface area (Å²) < 4.78 is 13.9. The van der Waals surface area contributed by atoms with Crippen molar-refractivity contribution < 1.29 is 4.39 Å². The number of hydrogen-bond acceptors (Lipinski definition) is 2. The van der Waals surface area contributed by atoms with E-state index in [0.29, 0.717) is 6.54 Å². The zero-order valence-corrected chi connectivity index (χ0v) is 10.6. The fourth-order valence-corrected chi connectivity index (χ4v) is 1.59. The van der Waals surface area contributed by atoms with E-state index in [2.05, 4.69) is 26.1 Å². The van der Waals surface area contributed by atoms with Gasteiger partial charge in [0.2, 0.25) is 0 Å². The van der Waals surface area contributed by atoms with Crippen molar-refractivity contribution in [3.63, 3.8) is 0 Å². The van der Waals surface area contributed by atoms with Crippen LogP contribution in [0.5, 0.6) is 0 Å². The van der Waals surface area contributed by atoms with Gasteiger partial charge in [0.15, 0.2) is 0 Å². The van der Waals surface area contributed by atoms with Gasteiger partial charge in [-0.25, -0.2) is 4.39 Å². The molecular weight excluding hydrogens is 259 g/mol. The molecule has 0 fully saturated rings. The number of rotatable bonds is 5. The molecule has 0 spiro atoms. The first-order chi connectivity index (χ1) is 7.09. The van der Waals surface area contributed by atoms with E-state index in [4.69, 9.17) is 0 Å². The van der Waals surface area contributed by atoms with Crippen LogP contribution in [-0.2, 0) is 6.54 Å². The fourth-order valence-electron chi connectivity index (χ4n) is 1.20. The van der Waals surface area contributed by atoms with Gasteiger partial charge in [-0.3, -0.25) is 0 Å². The minimum atomic E-state index is -0.192. The maximum Gasteiger partial charge on any atom is 0.123 e. The Labute approximate surface area is 98.6 Å². The van der Waals surface area contributed by atoms with Crippen LogP contribution in [0, 0.1) is 5.82 Å². The van der Waals surface area contributed by atoms with Crippen LogP contribution < -0.4 is 5.32 Å². The molecule has 0 atom stereocenters. The molecule has 0 saturated carbocycles. The smallest absolute Gasteiger partial charge is 0.123 e. The van der Waals surface area contributed by atoms with Crippen LogP contribution in [-0.4, -0.2) is 32.1 Å². The van der Waals surface area contributed by atoms with Crippen LogP contribution in [0.15, 0.2) is 22.7 Å². The summed E-state index contributed by atoms with van der Waals surface area (Å²) in [5, 5.41) is 3.26. The number of nitrogens with zero attached hydrogens (tertiary/aromatic N) is 1. The maximum atomic E-state index is 12.9. The van der Waals surface area contributed by atoms with Gasteiger partial charge in [0.25, 0.3) is 0 Å². The highest BCUT2D eigenvalue weighted by molar-refractivity contribution is 9.10. The molecule has 84 valence electrons. The van der Waals surface area contributed by atoms with E-state index in [9.17, 15) is 4.39 Å². The lowest BCUT2D eigenvalue weighted by Crippen LogP contribution is -2.26. The van der Waals surface area contributed by atoms with Crippen molar-refractivity contribution in [1.29, 1.82) is 0 Å². The van der Waals surface area contributed by atoms with Gasteiger partial charge in [-0.2, -0.15) is 0 Å². The molecule has 15 heavy (non-hydrogen) atoms. The van der Waals surface area contributed by atoms with Gasteiger partial charge in [0, 0.05) is 24.1 Å². The average Bonchev–Trinajstić information content (AvgIpc) is 2.17. The monoisotopic (exact) mass is 274 g/mol. The minimum Gasteiger partial charge on any atom is -0.311 e. The van der Waals surface area contributed by atoms with Crippen LogP contribution in [0.2, 0.25) is 0 Å². The second kappa shape index (κ2) is 6.20. The number of likely N-dealkylation sites (N-methyl/N-ethyl adjacent to an activating group) is 1. The Hall–Kier alpha value is -0.450. The number of benzene rings is 1. The summed E-state index contributed by atoms with van der Waals surface area (Å²) in [6, 6.07) is 4.73. The van der Waals surface area contributed by atoms with Crippen molar-refractivity contribution in [3.8, 4) is 0 Å². The molecule has 0 unspecified atom stereocenters. The van der Waals surface area contributed by atoms with E-state index < -0.39 is 0 Å². The molecule has 1 aromatic rings. The summed E-state index contributed by atoms with van der Waals surface area (Å²) in [5.74, 6) is -0.192. The molecule has 0 bridgehead atoms. The number of nitrogens with one attached hydrogen (secondary N) is 1. The fraction of sp³-hybridized carbons (Fsp3) is 0.455. The second-order valence-electron chi connectivity index (χ2n) is 3.72. The van der Waals surface area contributed by atoms with Crippen LogP contribution >= 0.6 is 15.9 Å². The predicted octanol–water partition coefficient (Wildman–Crippen LogP) is 2.24. The van der Waals surface area contributed by atoms with E-state index in [0.717, 1.165) is 23.1 Å². The molecule has 1 rings (SSSR count). The van der Waals surface area contributed by atoms with E-state index in [1.807, 2.05) is 14.1 Å². The van der Waals surface area contributed by atoms with Crippen LogP contribution in [0.4, 0.5) is 4.39 Å². The highest BCUT2D eigenvalue weighted by atomic mass is 79.9. The SMILES string of the molecule is CN(C)CCNCc1cc(F)ccc1Br. The highest BCUT2D eigenvalue weighted by Crippen LogP contribution is 2.17. The van der Waals surface area contributed by atoms with E-state index in [-0.39, 0.29) is 5.82 Å². The quantitative estimate of drug-likeness (QED) is 0.829. The van der Waals surface area contributed by atoms with Gasteiger partial charge in [-0.05, 0) is 37.9 Å². The molecule has 2 nitrogen and oxygen atoms in total. The molecule has 1 aromatic carbocycles. The average molecular weight is 275 g/mol. The lowest BCUT2D eigenvalue weighted by molar-refractivity contribution is 0.400. The summed E-state index contributed by atoms with van der Waals surface area (Å²) in [7, 11) is 4.06. The normalized spacial score (nSPS) is 11.0. The Bertz CT molecular complexity index is 315. The Morgan fingerprint density at radius 3 is 2.80 bits per heavy atom. The van der Waals surface area contributed by atoms with Crippen molar-refractivity contribution >= 4 is 15.9 Å². The lowest BCUT2D eigenvalue weighted by Gasteiger charge is -2.11. The molecule has 0 aliphatic carbocycles. The second-order valence-corrected chi connectivity index (χ2v) is 4.57. The summed E-state index contributed by atoms with van der Waals surface area (Å²) in [5.41, 5.74) is 0.953. The van der Waals surface area contributed by atoms with E-state index in [1.54, 1.807) is 12.1 Å². The molecule has 0 heterocycles. The molecule has 4 heteroatoms. The zero-order valence-electron chi connectivity index (χ0n) is 9.06. The Kier molecular flexibility index (Phi) is 5.22. The van der Waals surface area contributed by atoms with Gasteiger partial charge in [0.05, 0.1) is 0 Å². The van der Waals surface area contributed by atoms with Crippen molar-refractivity contribution in [3.05, 3.63) is 34.1 Å². The van der Waals surface area contributed by atoms with Crippen molar-refractivity contribution in [2.45, 2.75) is 6.54 Å². The summed E-state index contributed by atoms with van der Waals surface area (Å²) in [6.07, 6.45) is 0. The molecule has 0 amide bonds. The third kappa shape index (κ3) is 4.73. The first-order valence-electron chi connectivity index (χ1n) is 4.89. The van der Waals surface area contributed by atoms with Crippen LogP contribution in [0.3, 0.4) is 0 Å². The first kappa shape index (κ1) is 12.6. The van der Waals surface area contributed by atoms with E-state index >= 15 is 0 Å². The third-order valence-electron chi connectivity index (χ3n) is 2.06. The zero-order chi connectivity index (χ0) is 11.3. The van der Waals surface area contributed by atoms with Gasteiger partial charge in [-0.1, -0.05) is 15.9 Å². The van der Waals surface area contributed by atoms with Crippen molar-refractivity contribution in [2.24, 2.45) is 0 Å². The third-order valence-corrected chi connectivity index (χ3v) is 2.83. The number of hydrogen-bond donors (Lipinski definition) is 1. The summed E-state index contributed by atoms with van der Waals surface area (Å²) in [6.45, 7) is 2.56. The van der Waals surface area contributed by atoms with Crippen LogP contribution in [0.25, 0.3) is 0 Å². The molecule has 0 radical (unpaired) electrons. The van der Waals surface area contributed by atoms with Crippen molar-refractivity contribution in [1.82, 2.24) is 10.2 Å². The molecule has 0 aliphatic rings. The maximum absolute atomic E-state index is 12.9. The molecule has 0 aliphatic heterocycles. The minimum absolute atomic E-state index is 0.192. The molecule has 0 aromatic heterocycles. The van der Waals surface area contributed by atoms with Crippen molar-refractivity contribution in [2.75, 3.05) is 27.2 Å². The largest absolute Gasteiger partial charge is 0.311 e. The van der Waals surface area contributed by atoms with Crippen LogP contribution in [0.1, 0.15) is 5.56 Å². The summed E-state index contributed by atoms with van der Waals surface area (Å²) >= 11 is 3.39. The molecule has 1 N–H and O–H groups in total.